The lowest BCUT2D eigenvalue weighted by molar-refractivity contribution is -0.225. The highest BCUT2D eigenvalue weighted by molar-refractivity contribution is 7.86. The lowest BCUT2D eigenvalue weighted by atomic mass is 10.0. The number of aliphatic hydroxyl groups excluding tert-OH is 1. The summed E-state index contributed by atoms with van der Waals surface area (Å²) in [5, 5.41) is 9.54. The minimum absolute atomic E-state index is 0.0845. The summed E-state index contributed by atoms with van der Waals surface area (Å²) < 4.78 is 40.3. The number of aryl methyl sites for hydroxylation is 1. The van der Waals surface area contributed by atoms with Crippen LogP contribution < -0.4 is 0 Å². The highest BCUT2D eigenvalue weighted by atomic mass is 32.2. The number of rotatable bonds is 4. The van der Waals surface area contributed by atoms with Gasteiger partial charge in [0.25, 0.3) is 10.1 Å². The molecule has 6 nitrogen and oxygen atoms in total. The summed E-state index contributed by atoms with van der Waals surface area (Å²) in [5.41, 5.74) is 0.959. The Kier molecular flexibility index (Phi) is 5.00. The molecule has 1 heterocycles. The average Bonchev–Trinajstić information content (AvgIpc) is 2.42. The number of hydrogen-bond acceptors (Lipinski definition) is 6. The molecule has 0 unspecified atom stereocenters. The monoisotopic (exact) mass is 316 g/mol. The van der Waals surface area contributed by atoms with E-state index < -0.39 is 34.7 Å². The standard InChI is InChI=1S/C14H20O6S/c1-9-4-6-11(7-5-9)21(16,17)20-14-10(2)19-13(15)8-12(14)18-3/h4-7,10,12-15H,8H2,1-3H3/t10-,12+,13+,14-/m1/s1. The van der Waals surface area contributed by atoms with Crippen molar-refractivity contribution in [2.75, 3.05) is 7.11 Å². The molecule has 1 N–H and O–H groups in total. The molecule has 1 aromatic rings. The molecule has 1 aliphatic rings. The maximum absolute atomic E-state index is 12.3. The fourth-order valence-electron chi connectivity index (χ4n) is 2.29. The number of methoxy groups -OCH3 is 1. The van der Waals surface area contributed by atoms with Gasteiger partial charge < -0.3 is 14.6 Å². The molecule has 0 amide bonds. The number of hydrogen-bond donors (Lipinski definition) is 1. The van der Waals surface area contributed by atoms with Crippen LogP contribution in [-0.4, -0.2) is 45.2 Å². The molecule has 0 bridgehead atoms. The van der Waals surface area contributed by atoms with Gasteiger partial charge in [0, 0.05) is 13.5 Å². The summed E-state index contributed by atoms with van der Waals surface area (Å²) in [6.45, 7) is 3.51. The topological polar surface area (TPSA) is 82.1 Å². The van der Waals surface area contributed by atoms with E-state index in [9.17, 15) is 13.5 Å². The first-order chi connectivity index (χ1) is 9.83. The maximum Gasteiger partial charge on any atom is 0.297 e. The summed E-state index contributed by atoms with van der Waals surface area (Å²) in [7, 11) is -2.46. The zero-order chi connectivity index (χ0) is 15.6. The predicted octanol–water partition coefficient (Wildman–Crippen LogP) is 1.21. The van der Waals surface area contributed by atoms with E-state index in [2.05, 4.69) is 0 Å². The number of ether oxygens (including phenoxy) is 2. The van der Waals surface area contributed by atoms with Crippen LogP contribution >= 0.6 is 0 Å². The molecule has 21 heavy (non-hydrogen) atoms. The largest absolute Gasteiger partial charge is 0.378 e. The van der Waals surface area contributed by atoms with Gasteiger partial charge in [-0.2, -0.15) is 8.42 Å². The van der Waals surface area contributed by atoms with Gasteiger partial charge in [0.2, 0.25) is 0 Å². The van der Waals surface area contributed by atoms with E-state index in [4.69, 9.17) is 13.7 Å². The van der Waals surface area contributed by atoms with Crippen molar-refractivity contribution in [3.8, 4) is 0 Å². The summed E-state index contributed by atoms with van der Waals surface area (Å²) >= 11 is 0. The van der Waals surface area contributed by atoms with Crippen LogP contribution in [0.5, 0.6) is 0 Å². The maximum atomic E-state index is 12.3. The van der Waals surface area contributed by atoms with Gasteiger partial charge in [-0.3, -0.25) is 4.18 Å². The van der Waals surface area contributed by atoms with Crippen molar-refractivity contribution in [2.24, 2.45) is 0 Å². The molecule has 0 radical (unpaired) electrons. The van der Waals surface area contributed by atoms with Gasteiger partial charge in [0.05, 0.1) is 17.1 Å². The average molecular weight is 316 g/mol. The van der Waals surface area contributed by atoms with Crippen LogP contribution in [0.15, 0.2) is 29.2 Å². The van der Waals surface area contributed by atoms with Crippen LogP contribution in [0.25, 0.3) is 0 Å². The highest BCUT2D eigenvalue weighted by Crippen LogP contribution is 2.27. The first-order valence-electron chi connectivity index (χ1n) is 6.70. The van der Waals surface area contributed by atoms with Crippen LogP contribution in [0.3, 0.4) is 0 Å². The third kappa shape index (κ3) is 3.81. The number of benzene rings is 1. The summed E-state index contributed by atoms with van der Waals surface area (Å²) in [5.74, 6) is 0. The van der Waals surface area contributed by atoms with E-state index in [1.807, 2.05) is 6.92 Å². The zero-order valence-corrected chi connectivity index (χ0v) is 13.0. The molecule has 1 aromatic carbocycles. The highest BCUT2D eigenvalue weighted by Gasteiger charge is 2.40. The fourth-order valence-corrected chi connectivity index (χ4v) is 3.45. The second kappa shape index (κ2) is 6.41. The Morgan fingerprint density at radius 1 is 1.29 bits per heavy atom. The second-order valence-corrected chi connectivity index (χ2v) is 6.71. The van der Waals surface area contributed by atoms with Gasteiger partial charge in [0.15, 0.2) is 6.29 Å². The molecule has 1 saturated heterocycles. The second-order valence-electron chi connectivity index (χ2n) is 5.13. The molecule has 1 aliphatic heterocycles. The lowest BCUT2D eigenvalue weighted by Gasteiger charge is -2.37. The molecule has 1 fully saturated rings. The lowest BCUT2D eigenvalue weighted by Crippen LogP contribution is -2.49. The van der Waals surface area contributed by atoms with E-state index in [-0.39, 0.29) is 11.3 Å². The SMILES string of the molecule is CO[C@H]1C[C@@H](O)O[C@H](C)[C@H]1OS(=O)(=O)c1ccc(C)cc1. The Labute approximate surface area is 124 Å². The van der Waals surface area contributed by atoms with Crippen molar-refractivity contribution in [3.05, 3.63) is 29.8 Å². The molecule has 7 heteroatoms. The molecular weight excluding hydrogens is 296 g/mol. The Balaban J connectivity index is 2.20. The van der Waals surface area contributed by atoms with Gasteiger partial charge in [-0.15, -0.1) is 0 Å². The van der Waals surface area contributed by atoms with Crippen LogP contribution in [-0.2, 0) is 23.8 Å². The Morgan fingerprint density at radius 3 is 2.48 bits per heavy atom. The molecule has 0 saturated carbocycles. The van der Waals surface area contributed by atoms with E-state index in [1.165, 1.54) is 19.2 Å². The van der Waals surface area contributed by atoms with Gasteiger partial charge in [-0.05, 0) is 26.0 Å². The molecule has 118 valence electrons. The normalized spacial score (nSPS) is 30.3. The fraction of sp³-hybridized carbons (Fsp3) is 0.571. The Morgan fingerprint density at radius 2 is 1.90 bits per heavy atom. The Hall–Kier alpha value is -0.990. The molecule has 2 rings (SSSR count). The van der Waals surface area contributed by atoms with Crippen LogP contribution in [0.4, 0.5) is 0 Å². The van der Waals surface area contributed by atoms with Crippen LogP contribution in [0.2, 0.25) is 0 Å². The minimum atomic E-state index is -3.91. The van der Waals surface area contributed by atoms with Crippen LogP contribution in [0.1, 0.15) is 18.9 Å². The smallest absolute Gasteiger partial charge is 0.297 e. The first kappa shape index (κ1) is 16.4. The third-order valence-electron chi connectivity index (χ3n) is 3.48. The van der Waals surface area contributed by atoms with Crippen molar-refractivity contribution in [1.82, 2.24) is 0 Å². The van der Waals surface area contributed by atoms with E-state index >= 15 is 0 Å². The van der Waals surface area contributed by atoms with E-state index in [1.54, 1.807) is 19.1 Å². The van der Waals surface area contributed by atoms with Crippen molar-refractivity contribution in [1.29, 1.82) is 0 Å². The third-order valence-corrected chi connectivity index (χ3v) is 4.81. The quantitative estimate of drug-likeness (QED) is 0.841. The van der Waals surface area contributed by atoms with E-state index in [0.29, 0.717) is 0 Å². The molecule has 0 spiro atoms. The zero-order valence-electron chi connectivity index (χ0n) is 12.2. The predicted molar refractivity (Wildman–Crippen MR) is 75.2 cm³/mol. The first-order valence-corrected chi connectivity index (χ1v) is 8.10. The summed E-state index contributed by atoms with van der Waals surface area (Å²) in [4.78, 5) is 0.0845. The summed E-state index contributed by atoms with van der Waals surface area (Å²) in [6, 6.07) is 6.40. The number of aliphatic hydroxyl groups is 1. The van der Waals surface area contributed by atoms with Crippen molar-refractivity contribution < 1.29 is 27.2 Å². The molecule has 4 atom stereocenters. The van der Waals surface area contributed by atoms with Gasteiger partial charge in [-0.1, -0.05) is 17.7 Å². The molecule has 0 aromatic heterocycles. The Bertz CT molecular complexity index is 568. The van der Waals surface area contributed by atoms with Gasteiger partial charge in [-0.25, -0.2) is 0 Å². The molecule has 0 aliphatic carbocycles. The molecular formula is C14H20O6S. The van der Waals surface area contributed by atoms with Gasteiger partial charge in [0.1, 0.15) is 6.10 Å². The van der Waals surface area contributed by atoms with Crippen molar-refractivity contribution in [3.63, 3.8) is 0 Å². The van der Waals surface area contributed by atoms with Crippen molar-refractivity contribution >= 4 is 10.1 Å². The van der Waals surface area contributed by atoms with E-state index in [0.717, 1.165) is 5.56 Å². The van der Waals surface area contributed by atoms with Crippen LogP contribution in [0, 0.1) is 6.92 Å². The van der Waals surface area contributed by atoms with Crippen molar-refractivity contribution in [2.45, 2.75) is 49.8 Å². The summed E-state index contributed by atoms with van der Waals surface area (Å²) in [6.07, 6.45) is -2.77. The minimum Gasteiger partial charge on any atom is -0.378 e. The van der Waals surface area contributed by atoms with Gasteiger partial charge >= 0.3 is 0 Å².